The fourth-order valence-corrected chi connectivity index (χ4v) is 3.47. The molecule has 0 heterocycles. The lowest BCUT2D eigenvalue weighted by molar-refractivity contribution is -0.123. The number of primary amides is 1. The summed E-state index contributed by atoms with van der Waals surface area (Å²) in [6.45, 7) is 0. The molecule has 0 bridgehead atoms. The molecular weight excluding hydrogens is 264 g/mol. The number of nitrogens with one attached hydrogen (secondary N) is 1. The molecule has 0 atom stereocenters. The Labute approximate surface area is 126 Å². The third-order valence-electron chi connectivity index (χ3n) is 4.58. The van der Waals surface area contributed by atoms with Gasteiger partial charge in [0.2, 0.25) is 11.8 Å². The minimum absolute atomic E-state index is 0.0378. The lowest BCUT2D eigenvalue weighted by Crippen LogP contribution is -2.34. The second-order valence-corrected chi connectivity index (χ2v) is 6.11. The predicted molar refractivity (Wildman–Crippen MR) is 82.9 cm³/mol. The zero-order valence-electron chi connectivity index (χ0n) is 12.7. The highest BCUT2D eigenvalue weighted by Gasteiger charge is 2.35. The summed E-state index contributed by atoms with van der Waals surface area (Å²) in [4.78, 5) is 23.5. The summed E-state index contributed by atoms with van der Waals surface area (Å²) in [7, 11) is 1.68. The number of benzene rings is 1. The topological polar surface area (TPSA) is 72.2 Å². The van der Waals surface area contributed by atoms with Gasteiger partial charge in [0.25, 0.3) is 0 Å². The fraction of sp³-hybridized carbons (Fsp3) is 0.529. The van der Waals surface area contributed by atoms with E-state index < -0.39 is 5.91 Å². The SMILES string of the molecule is CNC(=O)CC1(Cc2ccccc2C(N)=O)CCCCC1. The highest BCUT2D eigenvalue weighted by molar-refractivity contribution is 5.94. The van der Waals surface area contributed by atoms with Crippen LogP contribution in [0.3, 0.4) is 0 Å². The minimum Gasteiger partial charge on any atom is -0.366 e. The number of amides is 2. The maximum atomic E-state index is 11.9. The molecule has 1 saturated carbocycles. The van der Waals surface area contributed by atoms with Gasteiger partial charge in [-0.25, -0.2) is 0 Å². The van der Waals surface area contributed by atoms with E-state index in [0.29, 0.717) is 12.0 Å². The van der Waals surface area contributed by atoms with Crippen molar-refractivity contribution in [3.8, 4) is 0 Å². The van der Waals surface area contributed by atoms with Crippen molar-refractivity contribution in [2.45, 2.75) is 44.9 Å². The van der Waals surface area contributed by atoms with Gasteiger partial charge in [0.05, 0.1) is 0 Å². The average molecular weight is 288 g/mol. The third-order valence-corrected chi connectivity index (χ3v) is 4.58. The molecule has 1 aliphatic carbocycles. The molecule has 0 unspecified atom stereocenters. The van der Waals surface area contributed by atoms with Gasteiger partial charge in [0.15, 0.2) is 0 Å². The molecule has 2 amide bonds. The zero-order chi connectivity index (χ0) is 15.3. The molecule has 21 heavy (non-hydrogen) atoms. The van der Waals surface area contributed by atoms with Crippen molar-refractivity contribution in [2.24, 2.45) is 11.1 Å². The van der Waals surface area contributed by atoms with E-state index in [0.717, 1.165) is 37.7 Å². The Bertz CT molecular complexity index is 519. The van der Waals surface area contributed by atoms with Gasteiger partial charge in [0.1, 0.15) is 0 Å². The monoisotopic (exact) mass is 288 g/mol. The third kappa shape index (κ3) is 3.84. The van der Waals surface area contributed by atoms with Gasteiger partial charge in [-0.05, 0) is 36.3 Å². The van der Waals surface area contributed by atoms with E-state index in [1.54, 1.807) is 13.1 Å². The van der Waals surface area contributed by atoms with Crippen LogP contribution in [0.25, 0.3) is 0 Å². The fourth-order valence-electron chi connectivity index (χ4n) is 3.47. The first-order chi connectivity index (χ1) is 10.1. The van der Waals surface area contributed by atoms with Crippen LogP contribution in [-0.2, 0) is 11.2 Å². The van der Waals surface area contributed by atoms with Crippen LogP contribution in [0.15, 0.2) is 24.3 Å². The Kier molecular flexibility index (Phi) is 4.99. The second kappa shape index (κ2) is 6.74. The minimum atomic E-state index is -0.392. The molecule has 0 aliphatic heterocycles. The Morgan fingerprint density at radius 2 is 1.86 bits per heavy atom. The standard InChI is InChI=1S/C17H24N2O2/c1-19-15(20)12-17(9-5-2-6-10-17)11-13-7-3-4-8-14(13)16(18)21/h3-4,7-8H,2,5-6,9-12H2,1H3,(H2,18,21)(H,19,20). The molecule has 4 nitrogen and oxygen atoms in total. The normalized spacial score (nSPS) is 17.2. The molecule has 1 aromatic carbocycles. The number of carbonyl (C=O) groups excluding carboxylic acids is 2. The summed E-state index contributed by atoms with van der Waals surface area (Å²) in [5.41, 5.74) is 6.99. The number of carbonyl (C=O) groups is 2. The molecule has 1 aromatic rings. The summed E-state index contributed by atoms with van der Waals surface area (Å²) in [5, 5.41) is 2.73. The molecule has 2 rings (SSSR count). The molecule has 3 N–H and O–H groups in total. The molecule has 1 aliphatic rings. The van der Waals surface area contributed by atoms with E-state index in [1.165, 1.54) is 6.42 Å². The van der Waals surface area contributed by atoms with Crippen LogP contribution in [0.5, 0.6) is 0 Å². The molecule has 0 spiro atoms. The maximum Gasteiger partial charge on any atom is 0.248 e. The molecular formula is C17H24N2O2. The van der Waals surface area contributed by atoms with Gasteiger partial charge in [-0.3, -0.25) is 9.59 Å². The second-order valence-electron chi connectivity index (χ2n) is 6.11. The van der Waals surface area contributed by atoms with Gasteiger partial charge in [-0.1, -0.05) is 37.5 Å². The molecule has 0 saturated heterocycles. The molecule has 4 heteroatoms. The first-order valence-electron chi connectivity index (χ1n) is 7.65. The average Bonchev–Trinajstić information content (AvgIpc) is 2.48. The summed E-state index contributed by atoms with van der Waals surface area (Å²) in [6.07, 6.45) is 6.87. The Morgan fingerprint density at radius 1 is 1.19 bits per heavy atom. The van der Waals surface area contributed by atoms with Crippen molar-refractivity contribution in [1.29, 1.82) is 0 Å². The Morgan fingerprint density at radius 3 is 2.48 bits per heavy atom. The van der Waals surface area contributed by atoms with E-state index in [2.05, 4.69) is 5.32 Å². The van der Waals surface area contributed by atoms with Crippen LogP contribution in [0.4, 0.5) is 0 Å². The highest BCUT2D eigenvalue weighted by atomic mass is 16.1. The first kappa shape index (κ1) is 15.5. The molecule has 1 fully saturated rings. The van der Waals surface area contributed by atoms with Gasteiger partial charge in [-0.15, -0.1) is 0 Å². The van der Waals surface area contributed by atoms with Crippen LogP contribution < -0.4 is 11.1 Å². The smallest absolute Gasteiger partial charge is 0.248 e. The van der Waals surface area contributed by atoms with E-state index in [-0.39, 0.29) is 11.3 Å². The van der Waals surface area contributed by atoms with Crippen LogP contribution in [0.2, 0.25) is 0 Å². The highest BCUT2D eigenvalue weighted by Crippen LogP contribution is 2.42. The van der Waals surface area contributed by atoms with Gasteiger partial charge < -0.3 is 11.1 Å². The van der Waals surface area contributed by atoms with Crippen LogP contribution >= 0.6 is 0 Å². The van der Waals surface area contributed by atoms with Crippen molar-refractivity contribution < 1.29 is 9.59 Å². The number of hydrogen-bond acceptors (Lipinski definition) is 2. The van der Waals surface area contributed by atoms with E-state index in [4.69, 9.17) is 5.73 Å². The van der Waals surface area contributed by atoms with Crippen molar-refractivity contribution in [3.05, 3.63) is 35.4 Å². The van der Waals surface area contributed by atoms with Crippen molar-refractivity contribution in [3.63, 3.8) is 0 Å². The molecule has 0 aromatic heterocycles. The number of nitrogens with two attached hydrogens (primary N) is 1. The van der Waals surface area contributed by atoms with Crippen LogP contribution in [-0.4, -0.2) is 18.9 Å². The quantitative estimate of drug-likeness (QED) is 0.873. The Hall–Kier alpha value is -1.84. The zero-order valence-corrected chi connectivity index (χ0v) is 12.7. The lowest BCUT2D eigenvalue weighted by Gasteiger charge is -2.37. The molecule has 114 valence electrons. The lowest BCUT2D eigenvalue weighted by atomic mass is 9.67. The summed E-state index contributed by atoms with van der Waals surface area (Å²) < 4.78 is 0. The van der Waals surface area contributed by atoms with Gasteiger partial charge >= 0.3 is 0 Å². The first-order valence-corrected chi connectivity index (χ1v) is 7.65. The summed E-state index contributed by atoms with van der Waals surface area (Å²) in [6, 6.07) is 7.49. The Balaban J connectivity index is 2.26. The van der Waals surface area contributed by atoms with E-state index >= 15 is 0 Å². The van der Waals surface area contributed by atoms with Crippen LogP contribution in [0.1, 0.15) is 54.4 Å². The van der Waals surface area contributed by atoms with Crippen LogP contribution in [0, 0.1) is 5.41 Å². The maximum absolute atomic E-state index is 11.9. The summed E-state index contributed by atoms with van der Waals surface area (Å²) >= 11 is 0. The number of rotatable bonds is 5. The van der Waals surface area contributed by atoms with Gasteiger partial charge in [-0.2, -0.15) is 0 Å². The summed E-state index contributed by atoms with van der Waals surface area (Å²) in [5.74, 6) is -0.315. The van der Waals surface area contributed by atoms with Crippen molar-refractivity contribution in [1.82, 2.24) is 5.32 Å². The predicted octanol–water partition coefficient (Wildman–Crippen LogP) is 2.41. The van der Waals surface area contributed by atoms with E-state index in [9.17, 15) is 9.59 Å². The van der Waals surface area contributed by atoms with E-state index in [1.807, 2.05) is 18.2 Å². The molecule has 0 radical (unpaired) electrons. The van der Waals surface area contributed by atoms with Crippen molar-refractivity contribution in [2.75, 3.05) is 7.05 Å². The largest absolute Gasteiger partial charge is 0.366 e. The van der Waals surface area contributed by atoms with Crippen molar-refractivity contribution >= 4 is 11.8 Å². The number of hydrogen-bond donors (Lipinski definition) is 2. The van der Waals surface area contributed by atoms with Gasteiger partial charge in [0, 0.05) is 19.0 Å².